The number of likely N-dealkylation sites (N-methyl/N-ethyl adjacent to an activating group) is 1. The minimum absolute atomic E-state index is 0.475. The summed E-state index contributed by atoms with van der Waals surface area (Å²) in [5.41, 5.74) is 7.72. The van der Waals surface area contributed by atoms with Crippen molar-refractivity contribution < 1.29 is 4.74 Å². The lowest BCUT2D eigenvalue weighted by Crippen LogP contribution is -2.39. The van der Waals surface area contributed by atoms with Crippen LogP contribution in [0.1, 0.15) is 12.8 Å². The Morgan fingerprint density at radius 2 is 2.29 bits per heavy atom. The third-order valence-corrected chi connectivity index (χ3v) is 3.27. The third kappa shape index (κ3) is 2.82. The molecular weight excluding hydrogens is 214 g/mol. The minimum Gasteiger partial charge on any atom is -0.495 e. The van der Waals surface area contributed by atoms with Gasteiger partial charge >= 0.3 is 0 Å². The number of benzene rings is 1. The van der Waals surface area contributed by atoms with Gasteiger partial charge in [-0.15, -0.1) is 0 Å². The summed E-state index contributed by atoms with van der Waals surface area (Å²) < 4.78 is 5.22. The fourth-order valence-electron chi connectivity index (χ4n) is 2.35. The van der Waals surface area contributed by atoms with Crippen LogP contribution in [0.5, 0.6) is 5.75 Å². The molecule has 1 aliphatic heterocycles. The molecule has 17 heavy (non-hydrogen) atoms. The molecule has 4 heteroatoms. The van der Waals surface area contributed by atoms with Crippen LogP contribution in [-0.2, 0) is 0 Å². The molecule has 1 saturated heterocycles. The van der Waals surface area contributed by atoms with Gasteiger partial charge in [0.05, 0.1) is 18.5 Å². The zero-order valence-electron chi connectivity index (χ0n) is 10.6. The van der Waals surface area contributed by atoms with E-state index in [1.807, 2.05) is 18.2 Å². The lowest BCUT2D eigenvalue weighted by atomic mass is 10.1. The van der Waals surface area contributed by atoms with Gasteiger partial charge in [0, 0.05) is 12.6 Å². The van der Waals surface area contributed by atoms with Gasteiger partial charge in [0.15, 0.2) is 0 Å². The van der Waals surface area contributed by atoms with Crippen molar-refractivity contribution in [3.63, 3.8) is 0 Å². The van der Waals surface area contributed by atoms with Crippen molar-refractivity contribution in [2.75, 3.05) is 38.3 Å². The highest BCUT2D eigenvalue weighted by molar-refractivity contribution is 5.73. The Bertz CT molecular complexity index is 381. The Morgan fingerprint density at radius 3 is 3.00 bits per heavy atom. The normalized spacial score (nSPS) is 21.2. The molecule has 1 heterocycles. The van der Waals surface area contributed by atoms with Gasteiger partial charge < -0.3 is 20.7 Å². The summed E-state index contributed by atoms with van der Waals surface area (Å²) in [4.78, 5) is 2.34. The van der Waals surface area contributed by atoms with Crippen LogP contribution in [0, 0.1) is 0 Å². The summed E-state index contributed by atoms with van der Waals surface area (Å²) in [5.74, 6) is 0.735. The smallest absolute Gasteiger partial charge is 0.143 e. The summed E-state index contributed by atoms with van der Waals surface area (Å²) in [6.45, 7) is 2.25. The number of nitrogens with one attached hydrogen (secondary N) is 1. The number of rotatable bonds is 3. The van der Waals surface area contributed by atoms with Gasteiger partial charge in [-0.05, 0) is 38.6 Å². The third-order valence-electron chi connectivity index (χ3n) is 3.27. The number of anilines is 2. The quantitative estimate of drug-likeness (QED) is 0.784. The molecule has 4 nitrogen and oxygen atoms in total. The minimum atomic E-state index is 0.475. The topological polar surface area (TPSA) is 50.5 Å². The van der Waals surface area contributed by atoms with Crippen molar-refractivity contribution in [1.82, 2.24) is 4.90 Å². The highest BCUT2D eigenvalue weighted by Crippen LogP contribution is 2.30. The summed E-state index contributed by atoms with van der Waals surface area (Å²) in [6.07, 6.45) is 2.43. The summed E-state index contributed by atoms with van der Waals surface area (Å²) >= 11 is 0. The number of nitrogens with two attached hydrogens (primary N) is 1. The fraction of sp³-hybridized carbons (Fsp3) is 0.538. The number of ether oxygens (including phenoxy) is 1. The predicted molar refractivity (Wildman–Crippen MR) is 71.5 cm³/mol. The van der Waals surface area contributed by atoms with Gasteiger partial charge in [0.25, 0.3) is 0 Å². The zero-order chi connectivity index (χ0) is 12.3. The van der Waals surface area contributed by atoms with E-state index < -0.39 is 0 Å². The van der Waals surface area contributed by atoms with E-state index in [1.54, 1.807) is 7.11 Å². The first-order valence-electron chi connectivity index (χ1n) is 6.08. The number of methoxy groups -OCH3 is 1. The van der Waals surface area contributed by atoms with Gasteiger partial charge in [-0.1, -0.05) is 6.07 Å². The molecule has 0 spiro atoms. The highest BCUT2D eigenvalue weighted by atomic mass is 16.5. The van der Waals surface area contributed by atoms with E-state index >= 15 is 0 Å². The summed E-state index contributed by atoms with van der Waals surface area (Å²) in [5, 5.41) is 3.51. The second-order valence-electron chi connectivity index (χ2n) is 4.67. The molecule has 94 valence electrons. The molecule has 1 unspecified atom stereocenters. The Kier molecular flexibility index (Phi) is 3.74. The first-order valence-corrected chi connectivity index (χ1v) is 6.08. The number of likely N-dealkylation sites (tertiary alicyclic amines) is 1. The van der Waals surface area contributed by atoms with E-state index in [2.05, 4.69) is 17.3 Å². The van der Waals surface area contributed by atoms with Crippen LogP contribution in [0.4, 0.5) is 11.4 Å². The highest BCUT2D eigenvalue weighted by Gasteiger charge is 2.18. The number of nitrogen functional groups attached to an aromatic ring is 1. The van der Waals surface area contributed by atoms with Crippen molar-refractivity contribution >= 4 is 11.4 Å². The number of piperidine rings is 1. The van der Waals surface area contributed by atoms with E-state index in [9.17, 15) is 0 Å². The van der Waals surface area contributed by atoms with Crippen molar-refractivity contribution in [1.29, 1.82) is 0 Å². The van der Waals surface area contributed by atoms with Crippen LogP contribution in [0.15, 0.2) is 18.2 Å². The van der Waals surface area contributed by atoms with Crippen molar-refractivity contribution in [2.45, 2.75) is 18.9 Å². The monoisotopic (exact) mass is 235 g/mol. The molecule has 0 bridgehead atoms. The number of hydrogen-bond acceptors (Lipinski definition) is 4. The Balaban J connectivity index is 2.07. The molecule has 0 aliphatic carbocycles. The molecule has 1 atom stereocenters. The lowest BCUT2D eigenvalue weighted by molar-refractivity contribution is 0.261. The van der Waals surface area contributed by atoms with Crippen LogP contribution < -0.4 is 15.8 Å². The number of hydrogen-bond donors (Lipinski definition) is 2. The van der Waals surface area contributed by atoms with Crippen molar-refractivity contribution in [3.8, 4) is 5.75 Å². The van der Waals surface area contributed by atoms with Crippen LogP contribution in [0.2, 0.25) is 0 Å². The zero-order valence-corrected chi connectivity index (χ0v) is 10.6. The molecule has 1 fully saturated rings. The predicted octanol–water partition coefficient (Wildman–Crippen LogP) is 1.78. The number of nitrogens with zero attached hydrogens (tertiary/aromatic N) is 1. The number of para-hydroxylation sites is 1. The molecule has 0 radical (unpaired) electrons. The van der Waals surface area contributed by atoms with Gasteiger partial charge in [-0.25, -0.2) is 0 Å². The standard InChI is InChI=1S/C13H21N3O/c1-16-8-4-5-10(9-16)15-11-6-3-7-12(17-2)13(11)14/h3,6-7,10,15H,4-5,8-9,14H2,1-2H3. The molecule has 0 amide bonds. The maximum atomic E-state index is 6.04. The fourth-order valence-corrected chi connectivity index (χ4v) is 2.35. The van der Waals surface area contributed by atoms with Crippen LogP contribution >= 0.6 is 0 Å². The van der Waals surface area contributed by atoms with E-state index in [0.717, 1.165) is 18.0 Å². The van der Waals surface area contributed by atoms with E-state index in [1.165, 1.54) is 19.4 Å². The van der Waals surface area contributed by atoms with Crippen molar-refractivity contribution in [2.24, 2.45) is 0 Å². The van der Waals surface area contributed by atoms with E-state index in [4.69, 9.17) is 10.5 Å². The Morgan fingerprint density at radius 1 is 1.47 bits per heavy atom. The lowest BCUT2D eigenvalue weighted by Gasteiger charge is -2.31. The molecule has 0 aromatic heterocycles. The summed E-state index contributed by atoms with van der Waals surface area (Å²) in [6, 6.07) is 6.33. The van der Waals surface area contributed by atoms with E-state index in [0.29, 0.717) is 11.7 Å². The first-order chi connectivity index (χ1) is 8.20. The summed E-state index contributed by atoms with van der Waals surface area (Å²) in [7, 11) is 3.80. The Hall–Kier alpha value is -1.42. The molecule has 2 rings (SSSR count). The average Bonchev–Trinajstić information content (AvgIpc) is 2.32. The molecule has 3 N–H and O–H groups in total. The van der Waals surface area contributed by atoms with Crippen molar-refractivity contribution in [3.05, 3.63) is 18.2 Å². The average molecular weight is 235 g/mol. The Labute approximate surface area is 103 Å². The van der Waals surface area contributed by atoms with Crippen LogP contribution in [0.3, 0.4) is 0 Å². The van der Waals surface area contributed by atoms with Crippen LogP contribution in [-0.4, -0.2) is 38.2 Å². The molecule has 1 aromatic carbocycles. The van der Waals surface area contributed by atoms with Gasteiger partial charge in [0.2, 0.25) is 0 Å². The maximum absolute atomic E-state index is 6.04. The largest absolute Gasteiger partial charge is 0.495 e. The first kappa shape index (κ1) is 12.0. The second-order valence-corrected chi connectivity index (χ2v) is 4.67. The maximum Gasteiger partial charge on any atom is 0.143 e. The second kappa shape index (κ2) is 5.27. The van der Waals surface area contributed by atoms with E-state index in [-0.39, 0.29) is 0 Å². The van der Waals surface area contributed by atoms with Gasteiger partial charge in [0.1, 0.15) is 5.75 Å². The molecule has 0 saturated carbocycles. The van der Waals surface area contributed by atoms with Crippen LogP contribution in [0.25, 0.3) is 0 Å². The van der Waals surface area contributed by atoms with Gasteiger partial charge in [-0.2, -0.15) is 0 Å². The molecule has 1 aromatic rings. The SMILES string of the molecule is COc1cccc(NC2CCCN(C)C2)c1N. The molecular formula is C13H21N3O. The van der Waals surface area contributed by atoms with Gasteiger partial charge in [-0.3, -0.25) is 0 Å². The molecule has 1 aliphatic rings.